The van der Waals surface area contributed by atoms with Crippen LogP contribution in [-0.4, -0.2) is 19.0 Å². The van der Waals surface area contributed by atoms with Gasteiger partial charge in [0.15, 0.2) is 0 Å². The Morgan fingerprint density at radius 1 is 1.50 bits per heavy atom. The lowest BCUT2D eigenvalue weighted by molar-refractivity contribution is -0.122. The number of hydrogen-bond donors (Lipinski definition) is 1. The second-order valence-corrected chi connectivity index (χ2v) is 4.27. The van der Waals surface area contributed by atoms with Gasteiger partial charge in [-0.3, -0.25) is 4.79 Å². The van der Waals surface area contributed by atoms with Gasteiger partial charge < -0.3 is 10.5 Å². The van der Waals surface area contributed by atoms with Crippen LogP contribution in [0.4, 0.5) is 5.69 Å². The Balaban J connectivity index is 1.84. The standard InChI is InChI=1S/C13H17NO2/c14-12-3-1-2-10(8-12)4-5-13(15)11-6-7-16-9-11/h1-3,8,11H,4-7,9,14H2. The molecule has 0 amide bonds. The SMILES string of the molecule is Nc1cccc(CCC(=O)C2CCOC2)c1. The van der Waals surface area contributed by atoms with Gasteiger partial charge in [-0.25, -0.2) is 0 Å². The Bertz CT molecular complexity index is 370. The van der Waals surface area contributed by atoms with E-state index in [1.165, 1.54) is 0 Å². The second-order valence-electron chi connectivity index (χ2n) is 4.27. The molecule has 1 unspecified atom stereocenters. The van der Waals surface area contributed by atoms with Crippen molar-refractivity contribution >= 4 is 11.5 Å². The third-order valence-electron chi connectivity index (χ3n) is 3.00. The molecule has 1 atom stereocenters. The Labute approximate surface area is 95.6 Å². The molecule has 1 fully saturated rings. The molecule has 1 aliphatic rings. The zero-order valence-electron chi connectivity index (χ0n) is 9.32. The van der Waals surface area contributed by atoms with Gasteiger partial charge in [-0.1, -0.05) is 12.1 Å². The molecule has 0 radical (unpaired) electrons. The van der Waals surface area contributed by atoms with E-state index < -0.39 is 0 Å². The number of carbonyl (C=O) groups excluding carboxylic acids is 1. The summed E-state index contributed by atoms with van der Waals surface area (Å²) in [7, 11) is 0. The normalized spacial score (nSPS) is 19.9. The lowest BCUT2D eigenvalue weighted by atomic mass is 9.97. The Morgan fingerprint density at radius 2 is 2.38 bits per heavy atom. The van der Waals surface area contributed by atoms with Crippen LogP contribution in [0.15, 0.2) is 24.3 Å². The zero-order chi connectivity index (χ0) is 11.4. The van der Waals surface area contributed by atoms with Gasteiger partial charge in [-0.05, 0) is 30.5 Å². The van der Waals surface area contributed by atoms with Crippen molar-refractivity contribution in [1.29, 1.82) is 0 Å². The number of nitrogens with two attached hydrogens (primary N) is 1. The van der Waals surface area contributed by atoms with E-state index in [9.17, 15) is 4.79 Å². The number of anilines is 1. The number of benzene rings is 1. The van der Waals surface area contributed by atoms with E-state index in [0.717, 1.165) is 30.7 Å². The highest BCUT2D eigenvalue weighted by Crippen LogP contribution is 2.17. The first kappa shape index (κ1) is 11.1. The highest BCUT2D eigenvalue weighted by molar-refractivity contribution is 5.81. The number of nitrogen functional groups attached to an aromatic ring is 1. The van der Waals surface area contributed by atoms with Crippen molar-refractivity contribution in [2.45, 2.75) is 19.3 Å². The molecule has 1 saturated heterocycles. The summed E-state index contributed by atoms with van der Waals surface area (Å²) in [4.78, 5) is 11.8. The molecule has 2 rings (SSSR count). The number of carbonyl (C=O) groups is 1. The number of ketones is 1. The summed E-state index contributed by atoms with van der Waals surface area (Å²) in [5, 5.41) is 0. The van der Waals surface area contributed by atoms with E-state index in [1.54, 1.807) is 0 Å². The Morgan fingerprint density at radius 3 is 3.06 bits per heavy atom. The topological polar surface area (TPSA) is 52.3 Å². The lowest BCUT2D eigenvalue weighted by Gasteiger charge is -2.06. The fourth-order valence-corrected chi connectivity index (χ4v) is 2.01. The zero-order valence-corrected chi connectivity index (χ0v) is 9.32. The highest BCUT2D eigenvalue weighted by Gasteiger charge is 2.22. The molecule has 86 valence electrons. The minimum absolute atomic E-state index is 0.126. The van der Waals surface area contributed by atoms with Crippen LogP contribution in [0.25, 0.3) is 0 Å². The average molecular weight is 219 g/mol. The van der Waals surface area contributed by atoms with E-state index in [1.807, 2.05) is 24.3 Å². The minimum Gasteiger partial charge on any atom is -0.399 e. The molecule has 16 heavy (non-hydrogen) atoms. The minimum atomic E-state index is 0.126. The van der Waals surface area contributed by atoms with E-state index >= 15 is 0 Å². The summed E-state index contributed by atoms with van der Waals surface area (Å²) in [6.07, 6.45) is 2.26. The van der Waals surface area contributed by atoms with Crippen molar-refractivity contribution in [2.75, 3.05) is 18.9 Å². The monoisotopic (exact) mass is 219 g/mol. The van der Waals surface area contributed by atoms with Crippen molar-refractivity contribution in [3.05, 3.63) is 29.8 Å². The predicted octanol–water partition coefficient (Wildman–Crippen LogP) is 1.81. The molecule has 1 aromatic carbocycles. The lowest BCUT2D eigenvalue weighted by Crippen LogP contribution is -2.14. The van der Waals surface area contributed by atoms with E-state index in [-0.39, 0.29) is 5.92 Å². The van der Waals surface area contributed by atoms with Gasteiger partial charge in [0.1, 0.15) is 5.78 Å². The molecule has 0 bridgehead atoms. The van der Waals surface area contributed by atoms with Gasteiger partial charge in [0.25, 0.3) is 0 Å². The van der Waals surface area contributed by atoms with Gasteiger partial charge in [-0.2, -0.15) is 0 Å². The average Bonchev–Trinajstić information content (AvgIpc) is 2.79. The van der Waals surface area contributed by atoms with E-state index in [4.69, 9.17) is 10.5 Å². The van der Waals surface area contributed by atoms with Crippen molar-refractivity contribution in [2.24, 2.45) is 5.92 Å². The van der Waals surface area contributed by atoms with Crippen LogP contribution in [-0.2, 0) is 16.0 Å². The number of aryl methyl sites for hydroxylation is 1. The van der Waals surface area contributed by atoms with Crippen molar-refractivity contribution < 1.29 is 9.53 Å². The van der Waals surface area contributed by atoms with Crippen molar-refractivity contribution in [3.8, 4) is 0 Å². The second kappa shape index (κ2) is 5.12. The van der Waals surface area contributed by atoms with Crippen molar-refractivity contribution in [3.63, 3.8) is 0 Å². The number of ether oxygens (including phenoxy) is 1. The highest BCUT2D eigenvalue weighted by atomic mass is 16.5. The first-order valence-corrected chi connectivity index (χ1v) is 5.70. The molecule has 2 N–H and O–H groups in total. The maximum Gasteiger partial charge on any atom is 0.138 e. The smallest absolute Gasteiger partial charge is 0.138 e. The first-order valence-electron chi connectivity index (χ1n) is 5.70. The molecule has 0 spiro atoms. The van der Waals surface area contributed by atoms with Gasteiger partial charge in [0.05, 0.1) is 6.61 Å². The maximum absolute atomic E-state index is 11.8. The number of Topliss-reactive ketones (excluding diaryl/α,β-unsaturated/α-hetero) is 1. The van der Waals surface area contributed by atoms with Crippen LogP contribution in [0.1, 0.15) is 18.4 Å². The Kier molecular flexibility index (Phi) is 3.57. The summed E-state index contributed by atoms with van der Waals surface area (Å²) in [5.41, 5.74) is 7.57. The maximum atomic E-state index is 11.8. The van der Waals surface area contributed by atoms with Gasteiger partial charge >= 0.3 is 0 Å². The number of hydrogen-bond acceptors (Lipinski definition) is 3. The summed E-state index contributed by atoms with van der Waals surface area (Å²) in [5.74, 6) is 0.445. The number of rotatable bonds is 4. The quantitative estimate of drug-likeness (QED) is 0.786. The van der Waals surface area contributed by atoms with Crippen LogP contribution >= 0.6 is 0 Å². The van der Waals surface area contributed by atoms with Gasteiger partial charge in [0, 0.05) is 24.6 Å². The first-order chi connectivity index (χ1) is 7.75. The summed E-state index contributed by atoms with van der Waals surface area (Å²) >= 11 is 0. The predicted molar refractivity (Wildman–Crippen MR) is 63.1 cm³/mol. The summed E-state index contributed by atoms with van der Waals surface area (Å²) in [6.45, 7) is 1.34. The van der Waals surface area contributed by atoms with Crippen LogP contribution in [0.2, 0.25) is 0 Å². The van der Waals surface area contributed by atoms with Crippen LogP contribution in [0.5, 0.6) is 0 Å². The van der Waals surface area contributed by atoms with Gasteiger partial charge in [0.2, 0.25) is 0 Å². The molecule has 1 heterocycles. The largest absolute Gasteiger partial charge is 0.399 e. The van der Waals surface area contributed by atoms with Crippen molar-refractivity contribution in [1.82, 2.24) is 0 Å². The van der Waals surface area contributed by atoms with Gasteiger partial charge in [-0.15, -0.1) is 0 Å². The summed E-state index contributed by atoms with van der Waals surface area (Å²) < 4.78 is 5.21. The molecule has 0 saturated carbocycles. The Hall–Kier alpha value is -1.35. The molecular weight excluding hydrogens is 202 g/mol. The van der Waals surface area contributed by atoms with Crippen LogP contribution < -0.4 is 5.73 Å². The fourth-order valence-electron chi connectivity index (χ4n) is 2.01. The molecule has 1 aromatic rings. The van der Waals surface area contributed by atoms with Crippen LogP contribution in [0, 0.1) is 5.92 Å². The molecule has 3 nitrogen and oxygen atoms in total. The van der Waals surface area contributed by atoms with Crippen LogP contribution in [0.3, 0.4) is 0 Å². The molecular formula is C13H17NO2. The molecule has 1 aliphatic heterocycles. The van der Waals surface area contributed by atoms with E-state index in [0.29, 0.717) is 18.8 Å². The summed E-state index contributed by atoms with van der Waals surface area (Å²) in [6, 6.07) is 7.72. The molecule has 3 heteroatoms. The fraction of sp³-hybridized carbons (Fsp3) is 0.462. The third kappa shape index (κ3) is 2.83. The molecule has 0 aromatic heterocycles. The molecule has 0 aliphatic carbocycles. The third-order valence-corrected chi connectivity index (χ3v) is 3.00. The van der Waals surface area contributed by atoms with E-state index in [2.05, 4.69) is 0 Å².